The van der Waals surface area contributed by atoms with Gasteiger partial charge in [0.2, 0.25) is 0 Å². The molecule has 5 rings (SSSR count). The molecule has 9 heteroatoms. The highest BCUT2D eigenvalue weighted by molar-refractivity contribution is 7.22. The lowest BCUT2D eigenvalue weighted by atomic mass is 9.93. The van der Waals surface area contributed by atoms with Crippen LogP contribution < -0.4 is 14.4 Å². The van der Waals surface area contributed by atoms with Gasteiger partial charge in [-0.25, -0.2) is 4.98 Å². The molecule has 0 radical (unpaired) electrons. The number of carbonyl (C=O) groups is 2. The lowest BCUT2D eigenvalue weighted by Gasteiger charge is -2.23. The number of phenolic OH excluding ortho intramolecular Hbond substituents is 1. The molecule has 0 saturated carbocycles. The minimum Gasteiger partial charge on any atom is -0.507 e. The van der Waals surface area contributed by atoms with E-state index in [4.69, 9.17) is 9.47 Å². The third kappa shape index (κ3) is 4.07. The molecule has 2 N–H and O–H groups in total. The highest BCUT2D eigenvalue weighted by atomic mass is 32.1. The number of thiazole rings is 1. The monoisotopic (exact) mass is 516 g/mol. The summed E-state index contributed by atoms with van der Waals surface area (Å²) in [5.41, 5.74) is 3.15. The summed E-state index contributed by atoms with van der Waals surface area (Å²) in [6, 6.07) is 14.4. The fourth-order valence-corrected chi connectivity index (χ4v) is 5.49. The lowest BCUT2D eigenvalue weighted by molar-refractivity contribution is -0.132. The van der Waals surface area contributed by atoms with E-state index < -0.39 is 17.7 Å². The van der Waals surface area contributed by atoms with Gasteiger partial charge in [0, 0.05) is 5.56 Å². The first kappa shape index (κ1) is 24.3. The predicted molar refractivity (Wildman–Crippen MR) is 142 cm³/mol. The number of ether oxygens (including phenoxy) is 2. The molecule has 1 saturated heterocycles. The van der Waals surface area contributed by atoms with E-state index >= 15 is 0 Å². The maximum absolute atomic E-state index is 13.5. The van der Waals surface area contributed by atoms with E-state index in [-0.39, 0.29) is 22.8 Å². The van der Waals surface area contributed by atoms with Gasteiger partial charge in [0.15, 0.2) is 16.6 Å². The van der Waals surface area contributed by atoms with E-state index in [1.807, 2.05) is 32.0 Å². The van der Waals surface area contributed by atoms with Gasteiger partial charge >= 0.3 is 5.91 Å². The van der Waals surface area contributed by atoms with E-state index in [0.717, 1.165) is 15.8 Å². The number of ketones is 1. The van der Waals surface area contributed by atoms with Gasteiger partial charge < -0.3 is 19.7 Å². The van der Waals surface area contributed by atoms with Crippen LogP contribution in [0.25, 0.3) is 16.0 Å². The van der Waals surface area contributed by atoms with Crippen LogP contribution in [0.3, 0.4) is 0 Å². The number of amides is 1. The van der Waals surface area contributed by atoms with Crippen LogP contribution in [0, 0.1) is 13.8 Å². The van der Waals surface area contributed by atoms with Gasteiger partial charge in [0.05, 0.1) is 36.1 Å². The number of aromatic hydroxyl groups is 1. The van der Waals surface area contributed by atoms with E-state index in [0.29, 0.717) is 27.5 Å². The maximum Gasteiger partial charge on any atom is 0.301 e. The summed E-state index contributed by atoms with van der Waals surface area (Å²) in [5.74, 6) is -1.20. The highest BCUT2D eigenvalue weighted by Crippen LogP contribution is 2.46. The second-order valence-electron chi connectivity index (χ2n) is 8.75. The molecule has 4 aromatic rings. The van der Waals surface area contributed by atoms with Crippen molar-refractivity contribution >= 4 is 44.1 Å². The Kier molecular flexibility index (Phi) is 6.08. The molecule has 1 amide bonds. The van der Waals surface area contributed by atoms with Crippen LogP contribution in [-0.4, -0.2) is 41.1 Å². The summed E-state index contributed by atoms with van der Waals surface area (Å²) in [6.45, 7) is 3.70. The number of hydrogen-bond acceptors (Lipinski definition) is 8. The molecule has 2 heterocycles. The molecular formula is C28H24N2O6S. The van der Waals surface area contributed by atoms with Gasteiger partial charge in [-0.3, -0.25) is 14.5 Å². The van der Waals surface area contributed by atoms with Crippen molar-refractivity contribution in [3.8, 4) is 17.2 Å². The smallest absolute Gasteiger partial charge is 0.301 e. The predicted octanol–water partition coefficient (Wildman–Crippen LogP) is 5.26. The summed E-state index contributed by atoms with van der Waals surface area (Å²) in [6.07, 6.45) is 0. The van der Waals surface area contributed by atoms with E-state index in [1.54, 1.807) is 37.4 Å². The van der Waals surface area contributed by atoms with Crippen molar-refractivity contribution in [3.63, 3.8) is 0 Å². The fourth-order valence-electron chi connectivity index (χ4n) is 4.47. The zero-order valence-electron chi connectivity index (χ0n) is 20.6. The number of hydrogen-bond donors (Lipinski definition) is 2. The van der Waals surface area contributed by atoms with Crippen LogP contribution in [0.5, 0.6) is 17.2 Å². The summed E-state index contributed by atoms with van der Waals surface area (Å²) < 4.78 is 11.4. The number of phenols is 1. The lowest BCUT2D eigenvalue weighted by Crippen LogP contribution is -2.29. The number of rotatable bonds is 5. The number of carbonyl (C=O) groups excluding carboxylic acids is 2. The van der Waals surface area contributed by atoms with Crippen LogP contribution in [0.4, 0.5) is 5.13 Å². The molecule has 0 spiro atoms. The van der Waals surface area contributed by atoms with Crippen LogP contribution in [0.2, 0.25) is 0 Å². The molecule has 0 bridgehead atoms. The van der Waals surface area contributed by atoms with Crippen LogP contribution in [-0.2, 0) is 9.59 Å². The van der Waals surface area contributed by atoms with Crippen molar-refractivity contribution in [2.24, 2.45) is 0 Å². The Morgan fingerprint density at radius 3 is 2.51 bits per heavy atom. The Balaban J connectivity index is 1.76. The molecule has 188 valence electrons. The second-order valence-corrected chi connectivity index (χ2v) is 9.76. The Hall–Kier alpha value is -4.37. The molecule has 1 aliphatic heterocycles. The van der Waals surface area contributed by atoms with E-state index in [9.17, 15) is 19.8 Å². The van der Waals surface area contributed by atoms with Crippen molar-refractivity contribution in [1.29, 1.82) is 0 Å². The largest absolute Gasteiger partial charge is 0.507 e. The number of aromatic nitrogens is 1. The fraction of sp³-hybridized carbons (Fsp3) is 0.179. The van der Waals surface area contributed by atoms with E-state index in [2.05, 4.69) is 4.98 Å². The summed E-state index contributed by atoms with van der Waals surface area (Å²) >= 11 is 1.23. The standard InChI is InChI=1S/C28H24N2O6S/c1-14-5-6-15(2)18(11-14)25(32)23-24(16-7-10-20(31)21(12-16)36-4)30(27(34)26(23)33)28-29-19-9-8-17(35-3)13-22(19)37-28/h5-13,24,31-32H,1-4H3/b25-23+. The minimum absolute atomic E-state index is 0.0664. The van der Waals surface area contributed by atoms with Crippen LogP contribution in [0.15, 0.2) is 60.2 Å². The molecule has 1 fully saturated rings. The quantitative estimate of drug-likeness (QED) is 0.211. The Bertz CT molecular complexity index is 1610. The average molecular weight is 517 g/mol. The molecule has 0 aliphatic carbocycles. The summed E-state index contributed by atoms with van der Waals surface area (Å²) in [4.78, 5) is 32.9. The normalized spacial score (nSPS) is 17.0. The first-order valence-electron chi connectivity index (χ1n) is 11.4. The van der Waals surface area contributed by atoms with Crippen molar-refractivity contribution in [3.05, 3.63) is 82.4 Å². The first-order valence-corrected chi connectivity index (χ1v) is 12.2. The molecule has 3 aromatic carbocycles. The van der Waals surface area contributed by atoms with Crippen molar-refractivity contribution in [2.45, 2.75) is 19.9 Å². The molecule has 1 atom stereocenters. The summed E-state index contributed by atoms with van der Waals surface area (Å²) in [5, 5.41) is 21.9. The highest BCUT2D eigenvalue weighted by Gasteiger charge is 2.48. The first-order chi connectivity index (χ1) is 17.7. The number of fused-ring (bicyclic) bond motifs is 1. The molecular weight excluding hydrogens is 492 g/mol. The molecule has 8 nitrogen and oxygen atoms in total. The maximum atomic E-state index is 13.5. The zero-order chi connectivity index (χ0) is 26.4. The number of methoxy groups -OCH3 is 2. The number of anilines is 1. The number of Topliss-reactive ketones (excluding diaryl/α,β-unsaturated/α-hetero) is 1. The topological polar surface area (TPSA) is 109 Å². The summed E-state index contributed by atoms with van der Waals surface area (Å²) in [7, 11) is 2.97. The minimum atomic E-state index is -1.00. The van der Waals surface area contributed by atoms with Crippen LogP contribution in [0.1, 0.15) is 28.3 Å². The molecule has 1 aromatic heterocycles. The number of aliphatic hydroxyl groups excluding tert-OH is 1. The van der Waals surface area contributed by atoms with Gasteiger partial charge in [0.1, 0.15) is 11.5 Å². The van der Waals surface area contributed by atoms with Crippen molar-refractivity contribution < 1.29 is 29.3 Å². The Labute approximate surface area is 217 Å². The Morgan fingerprint density at radius 2 is 1.78 bits per heavy atom. The van der Waals surface area contributed by atoms with Crippen molar-refractivity contribution in [2.75, 3.05) is 19.1 Å². The molecule has 1 aliphatic rings. The number of benzene rings is 3. The number of aryl methyl sites for hydroxylation is 2. The van der Waals surface area contributed by atoms with Crippen molar-refractivity contribution in [1.82, 2.24) is 4.98 Å². The number of nitrogens with zero attached hydrogens (tertiary/aromatic N) is 2. The second kappa shape index (κ2) is 9.25. The van der Waals surface area contributed by atoms with Gasteiger partial charge in [-0.05, 0) is 61.4 Å². The van der Waals surface area contributed by atoms with E-state index in [1.165, 1.54) is 29.4 Å². The average Bonchev–Trinajstić information content (AvgIpc) is 3.43. The third-order valence-corrected chi connectivity index (χ3v) is 7.42. The van der Waals surface area contributed by atoms with Gasteiger partial charge in [0.25, 0.3) is 5.78 Å². The third-order valence-electron chi connectivity index (χ3n) is 6.40. The van der Waals surface area contributed by atoms with Gasteiger partial charge in [-0.15, -0.1) is 0 Å². The molecule has 1 unspecified atom stereocenters. The zero-order valence-corrected chi connectivity index (χ0v) is 21.4. The Morgan fingerprint density at radius 1 is 1.00 bits per heavy atom. The SMILES string of the molecule is COc1ccc2nc(N3C(=O)C(=O)/C(=C(/O)c4cc(C)ccc4C)C3c3ccc(O)c(OC)c3)sc2c1. The van der Waals surface area contributed by atoms with Gasteiger partial charge in [-0.1, -0.05) is 35.1 Å². The molecule has 37 heavy (non-hydrogen) atoms. The number of aliphatic hydroxyl groups is 1. The van der Waals surface area contributed by atoms with Crippen LogP contribution >= 0.6 is 11.3 Å². The van der Waals surface area contributed by atoms with Gasteiger partial charge in [-0.2, -0.15) is 0 Å².